The summed E-state index contributed by atoms with van der Waals surface area (Å²) in [6.07, 6.45) is 4.12. The van der Waals surface area contributed by atoms with Crippen LogP contribution in [-0.2, 0) is 19.1 Å². The molecule has 3 rings (SSSR count). The van der Waals surface area contributed by atoms with Crippen LogP contribution in [0.15, 0.2) is 0 Å². The molecule has 6 heteroatoms. The largest absolute Gasteiger partial charge is 0.347 e. The molecule has 2 heterocycles. The number of ether oxygens (including phenoxy) is 2. The maximum absolute atomic E-state index is 12.7. The number of carbonyl (C=O) groups excluding carboxylic acids is 2. The molecule has 0 aromatic rings. The summed E-state index contributed by atoms with van der Waals surface area (Å²) in [5.74, 6) is -0.324. The Balaban J connectivity index is 1.49. The van der Waals surface area contributed by atoms with E-state index in [-0.39, 0.29) is 23.7 Å². The number of hydrogen-bond acceptors (Lipinski definition) is 4. The van der Waals surface area contributed by atoms with Crippen LogP contribution in [0.1, 0.15) is 46.0 Å². The second kappa shape index (κ2) is 7.40. The number of rotatable bonds is 6. The van der Waals surface area contributed by atoms with E-state index in [0.29, 0.717) is 26.3 Å². The first-order chi connectivity index (χ1) is 11.6. The minimum absolute atomic E-state index is 0.0922. The summed E-state index contributed by atoms with van der Waals surface area (Å²) in [4.78, 5) is 29.1. The first kappa shape index (κ1) is 17.7. The fraction of sp³-hybridized carbons (Fsp3) is 0.889. The number of piperidine rings is 1. The van der Waals surface area contributed by atoms with Gasteiger partial charge in [-0.1, -0.05) is 13.8 Å². The van der Waals surface area contributed by atoms with Crippen molar-refractivity contribution in [3.63, 3.8) is 0 Å². The van der Waals surface area contributed by atoms with Crippen molar-refractivity contribution in [2.24, 2.45) is 11.8 Å². The van der Waals surface area contributed by atoms with Crippen molar-refractivity contribution in [2.45, 2.75) is 51.7 Å². The molecule has 136 valence electrons. The average molecular weight is 338 g/mol. The van der Waals surface area contributed by atoms with E-state index in [4.69, 9.17) is 9.47 Å². The molecule has 6 nitrogen and oxygen atoms in total. The minimum Gasteiger partial charge on any atom is -0.347 e. The van der Waals surface area contributed by atoms with E-state index in [9.17, 15) is 9.59 Å². The van der Waals surface area contributed by atoms with Crippen molar-refractivity contribution >= 4 is 11.8 Å². The normalized spacial score (nSPS) is 28.2. The predicted octanol–water partition coefficient (Wildman–Crippen LogP) is 1.64. The van der Waals surface area contributed by atoms with Crippen molar-refractivity contribution in [3.8, 4) is 0 Å². The first-order valence-corrected chi connectivity index (χ1v) is 9.45. The second-order valence-electron chi connectivity index (χ2n) is 7.21. The molecular formula is C18H30N2O4. The minimum atomic E-state index is -0.450. The summed E-state index contributed by atoms with van der Waals surface area (Å²) < 4.78 is 11.4. The standard InChI is InChI=1S/C18H30N2O4/c1-3-7-19(8-4-2)16(21)14-13-15(14)17(22)20-9-5-18(6-10-20)23-11-12-24-18/h14-15H,3-13H2,1-2H3. The van der Waals surface area contributed by atoms with Crippen molar-refractivity contribution in [3.05, 3.63) is 0 Å². The topological polar surface area (TPSA) is 59.1 Å². The van der Waals surface area contributed by atoms with Crippen molar-refractivity contribution in [2.75, 3.05) is 39.4 Å². The van der Waals surface area contributed by atoms with Crippen LogP contribution in [0.25, 0.3) is 0 Å². The fourth-order valence-electron chi connectivity index (χ4n) is 3.94. The lowest BCUT2D eigenvalue weighted by molar-refractivity contribution is -0.187. The molecule has 0 aromatic heterocycles. The zero-order valence-electron chi connectivity index (χ0n) is 15.0. The van der Waals surface area contributed by atoms with Crippen molar-refractivity contribution in [1.82, 2.24) is 9.80 Å². The Morgan fingerprint density at radius 1 is 1.04 bits per heavy atom. The molecule has 0 aromatic carbocycles. The molecule has 24 heavy (non-hydrogen) atoms. The highest BCUT2D eigenvalue weighted by molar-refractivity contribution is 5.92. The van der Waals surface area contributed by atoms with Crippen molar-refractivity contribution < 1.29 is 19.1 Å². The monoisotopic (exact) mass is 338 g/mol. The average Bonchev–Trinajstić information content (AvgIpc) is 3.28. The Morgan fingerprint density at radius 2 is 1.62 bits per heavy atom. The number of hydrogen-bond donors (Lipinski definition) is 0. The number of amides is 2. The third-order valence-corrected chi connectivity index (χ3v) is 5.37. The van der Waals surface area contributed by atoms with E-state index in [1.807, 2.05) is 9.80 Å². The van der Waals surface area contributed by atoms with Gasteiger partial charge in [-0.05, 0) is 19.3 Å². The molecule has 0 radical (unpaired) electrons. The maximum Gasteiger partial charge on any atom is 0.226 e. The molecule has 3 aliphatic rings. The number of nitrogens with zero attached hydrogens (tertiary/aromatic N) is 2. The van der Waals surface area contributed by atoms with Crippen LogP contribution in [-0.4, -0.2) is 66.8 Å². The van der Waals surface area contributed by atoms with E-state index in [1.54, 1.807) is 0 Å². The Bertz CT molecular complexity index is 460. The molecule has 2 amide bonds. The number of carbonyl (C=O) groups is 2. The molecule has 2 aliphatic heterocycles. The van der Waals surface area contributed by atoms with E-state index >= 15 is 0 Å². The summed E-state index contributed by atoms with van der Waals surface area (Å²) >= 11 is 0. The van der Waals surface area contributed by atoms with Crippen LogP contribution < -0.4 is 0 Å². The van der Waals surface area contributed by atoms with Crippen LogP contribution >= 0.6 is 0 Å². The summed E-state index contributed by atoms with van der Waals surface area (Å²) in [5.41, 5.74) is 0. The highest BCUT2D eigenvalue weighted by Crippen LogP contribution is 2.42. The molecule has 1 aliphatic carbocycles. The molecular weight excluding hydrogens is 308 g/mol. The summed E-state index contributed by atoms with van der Waals surface area (Å²) in [5, 5.41) is 0. The van der Waals surface area contributed by atoms with Gasteiger partial charge in [0, 0.05) is 39.0 Å². The van der Waals surface area contributed by atoms with Gasteiger partial charge in [-0.3, -0.25) is 9.59 Å². The van der Waals surface area contributed by atoms with Crippen LogP contribution in [0.4, 0.5) is 0 Å². The fourth-order valence-corrected chi connectivity index (χ4v) is 3.94. The molecule has 2 atom stereocenters. The van der Waals surface area contributed by atoms with Gasteiger partial charge >= 0.3 is 0 Å². The molecule has 0 bridgehead atoms. The Labute approximate surface area is 144 Å². The summed E-state index contributed by atoms with van der Waals surface area (Å²) in [7, 11) is 0. The SMILES string of the molecule is CCCN(CCC)C(=O)C1CC1C(=O)N1CCC2(CC1)OCCO2. The van der Waals surface area contributed by atoms with E-state index in [0.717, 1.165) is 45.2 Å². The van der Waals surface area contributed by atoms with E-state index in [2.05, 4.69) is 13.8 Å². The highest BCUT2D eigenvalue weighted by atomic mass is 16.7. The molecule has 1 saturated carbocycles. The quantitative estimate of drug-likeness (QED) is 0.739. The van der Waals surface area contributed by atoms with Gasteiger partial charge in [-0.15, -0.1) is 0 Å². The highest BCUT2D eigenvalue weighted by Gasteiger charge is 2.52. The van der Waals surface area contributed by atoms with Crippen LogP contribution in [0, 0.1) is 11.8 Å². The van der Waals surface area contributed by atoms with Gasteiger partial charge in [0.15, 0.2) is 5.79 Å². The van der Waals surface area contributed by atoms with Gasteiger partial charge in [0.1, 0.15) is 0 Å². The first-order valence-electron chi connectivity index (χ1n) is 9.45. The van der Waals surface area contributed by atoms with E-state index < -0.39 is 5.79 Å². The molecule has 3 fully saturated rings. The van der Waals surface area contributed by atoms with Gasteiger partial charge in [-0.25, -0.2) is 0 Å². The second-order valence-corrected chi connectivity index (χ2v) is 7.21. The Hall–Kier alpha value is -1.14. The summed E-state index contributed by atoms with van der Waals surface area (Å²) in [6.45, 7) is 8.41. The van der Waals surface area contributed by atoms with Gasteiger partial charge in [0.2, 0.25) is 11.8 Å². The maximum atomic E-state index is 12.7. The van der Waals surface area contributed by atoms with Crippen molar-refractivity contribution in [1.29, 1.82) is 0 Å². The van der Waals surface area contributed by atoms with Gasteiger partial charge in [0.05, 0.1) is 25.0 Å². The van der Waals surface area contributed by atoms with E-state index in [1.165, 1.54) is 0 Å². The molecule has 1 spiro atoms. The Kier molecular flexibility index (Phi) is 5.45. The van der Waals surface area contributed by atoms with Gasteiger partial charge in [0.25, 0.3) is 0 Å². The van der Waals surface area contributed by atoms with Crippen LogP contribution in [0.3, 0.4) is 0 Å². The Morgan fingerprint density at radius 3 is 2.17 bits per heavy atom. The molecule has 2 unspecified atom stereocenters. The molecule has 2 saturated heterocycles. The third kappa shape index (κ3) is 3.59. The smallest absolute Gasteiger partial charge is 0.226 e. The lowest BCUT2D eigenvalue weighted by atomic mass is 10.0. The molecule has 0 N–H and O–H groups in total. The lowest BCUT2D eigenvalue weighted by Crippen LogP contribution is -2.48. The van der Waals surface area contributed by atoms with Crippen LogP contribution in [0.5, 0.6) is 0 Å². The van der Waals surface area contributed by atoms with Crippen LogP contribution in [0.2, 0.25) is 0 Å². The predicted molar refractivity (Wildman–Crippen MR) is 89.2 cm³/mol. The number of likely N-dealkylation sites (tertiary alicyclic amines) is 1. The van der Waals surface area contributed by atoms with Gasteiger partial charge < -0.3 is 19.3 Å². The zero-order valence-corrected chi connectivity index (χ0v) is 15.0. The lowest BCUT2D eigenvalue weighted by Gasteiger charge is -2.37. The summed E-state index contributed by atoms with van der Waals surface area (Å²) in [6, 6.07) is 0. The van der Waals surface area contributed by atoms with Gasteiger partial charge in [-0.2, -0.15) is 0 Å². The third-order valence-electron chi connectivity index (χ3n) is 5.37. The zero-order chi connectivity index (χ0) is 17.2.